The van der Waals surface area contributed by atoms with Gasteiger partial charge in [-0.3, -0.25) is 15.0 Å². The smallest absolute Gasteiger partial charge is 0.315 e. The van der Waals surface area contributed by atoms with E-state index in [0.29, 0.717) is 18.2 Å². The predicted molar refractivity (Wildman–Crippen MR) is 101 cm³/mol. The molecule has 26 heavy (non-hydrogen) atoms. The fraction of sp³-hybridized carbons (Fsp3) is 0.812. The third-order valence-corrected chi connectivity index (χ3v) is 5.85. The molecule has 0 aromatic rings. The zero-order valence-electron chi connectivity index (χ0n) is 15.0. The van der Waals surface area contributed by atoms with Gasteiger partial charge in [0.25, 0.3) is 0 Å². The summed E-state index contributed by atoms with van der Waals surface area (Å²) in [4.78, 5) is 32.0. The third kappa shape index (κ3) is 8.72. The Hall–Kier alpha value is -1.52. The number of amides is 3. The van der Waals surface area contributed by atoms with Gasteiger partial charge in [0, 0.05) is 23.8 Å². The molecule has 0 aliphatic carbocycles. The number of aliphatic carboxylic acids is 1. The van der Waals surface area contributed by atoms with E-state index in [1.54, 1.807) is 0 Å². The van der Waals surface area contributed by atoms with Crippen LogP contribution in [0.3, 0.4) is 0 Å². The number of rotatable bonds is 10. The van der Waals surface area contributed by atoms with Gasteiger partial charge in [-0.1, -0.05) is 12.8 Å². The van der Waals surface area contributed by atoms with Crippen molar-refractivity contribution in [2.75, 3.05) is 12.3 Å². The second-order valence-electron chi connectivity index (χ2n) is 6.43. The number of carboxylic acids is 1. The molecule has 0 aromatic carbocycles. The van der Waals surface area contributed by atoms with Crippen molar-refractivity contribution >= 4 is 29.7 Å². The maximum atomic E-state index is 11.1. The summed E-state index contributed by atoms with van der Waals surface area (Å²) in [5.74, 6) is 5.00. The van der Waals surface area contributed by atoms with Crippen LogP contribution >= 0.6 is 11.8 Å². The summed E-state index contributed by atoms with van der Waals surface area (Å²) in [6, 6.07) is 0.440. The summed E-state index contributed by atoms with van der Waals surface area (Å²) in [5, 5.41) is 14.8. The Morgan fingerprint density at radius 3 is 2.54 bits per heavy atom. The molecule has 0 radical (unpaired) electrons. The highest BCUT2D eigenvalue weighted by molar-refractivity contribution is 8.00. The SMILES string of the molecule is NCCCCCC(=O)NN.O=C(O)CCCC[C@@H]1SC[C@@H]2NC(=O)N[C@@H]21. The second kappa shape index (κ2) is 12.8. The van der Waals surface area contributed by atoms with E-state index in [1.807, 2.05) is 11.8 Å². The maximum absolute atomic E-state index is 11.1. The molecule has 3 atom stereocenters. The molecule has 8 N–H and O–H groups in total. The monoisotopic (exact) mass is 389 g/mol. The minimum Gasteiger partial charge on any atom is -0.481 e. The number of nitrogens with one attached hydrogen (secondary N) is 3. The Labute approximate surface area is 158 Å². The predicted octanol–water partition coefficient (Wildman–Crippen LogP) is 0.292. The van der Waals surface area contributed by atoms with Crippen molar-refractivity contribution in [3.63, 3.8) is 0 Å². The van der Waals surface area contributed by atoms with Gasteiger partial charge in [-0.05, 0) is 32.2 Å². The van der Waals surface area contributed by atoms with E-state index in [1.165, 1.54) is 0 Å². The van der Waals surface area contributed by atoms with E-state index in [2.05, 4.69) is 16.1 Å². The second-order valence-corrected chi connectivity index (χ2v) is 7.70. The standard InChI is InChI=1S/C10H16N2O3S.C6H15N3O/c13-8(14)4-2-1-3-7-9-6(5-16-7)11-10(15)12-9;7-5-3-1-2-4-6(10)9-8/h6-7,9H,1-5H2,(H,13,14)(H2,11,12,15);1-5,7-8H2,(H,9,10)/t6-,7-,9-;/m0./s1. The van der Waals surface area contributed by atoms with Crippen LogP contribution in [0, 0.1) is 0 Å². The lowest BCUT2D eigenvalue weighted by molar-refractivity contribution is -0.137. The fourth-order valence-corrected chi connectivity index (χ4v) is 4.49. The average molecular weight is 390 g/mol. The van der Waals surface area contributed by atoms with Crippen LogP contribution in [-0.4, -0.2) is 52.6 Å². The highest BCUT2D eigenvalue weighted by Gasteiger charge is 2.42. The highest BCUT2D eigenvalue weighted by Crippen LogP contribution is 2.33. The maximum Gasteiger partial charge on any atom is 0.315 e. The van der Waals surface area contributed by atoms with Crippen LogP contribution in [0.4, 0.5) is 4.79 Å². The van der Waals surface area contributed by atoms with Crippen LogP contribution in [0.5, 0.6) is 0 Å². The minimum absolute atomic E-state index is 0.0640. The number of hydrazine groups is 1. The molecule has 2 saturated heterocycles. The number of thioether (sulfide) groups is 1. The Morgan fingerprint density at radius 1 is 1.15 bits per heavy atom. The first kappa shape index (κ1) is 22.5. The first-order valence-electron chi connectivity index (χ1n) is 9.07. The zero-order chi connectivity index (χ0) is 19.4. The Bertz CT molecular complexity index is 466. The molecule has 3 amide bonds. The van der Waals surface area contributed by atoms with E-state index in [0.717, 1.165) is 44.3 Å². The van der Waals surface area contributed by atoms with Gasteiger partial charge in [-0.2, -0.15) is 11.8 Å². The van der Waals surface area contributed by atoms with Gasteiger partial charge in [-0.25, -0.2) is 10.6 Å². The van der Waals surface area contributed by atoms with Crippen LogP contribution in [0.1, 0.15) is 51.4 Å². The molecule has 9 nitrogen and oxygen atoms in total. The highest BCUT2D eigenvalue weighted by atomic mass is 32.2. The average Bonchev–Trinajstić information content (AvgIpc) is 3.15. The molecule has 2 heterocycles. The van der Waals surface area contributed by atoms with Gasteiger partial charge >= 0.3 is 12.0 Å². The number of urea groups is 1. The number of fused-ring (bicyclic) bond motifs is 1. The Kier molecular flexibility index (Phi) is 11.1. The van der Waals surface area contributed by atoms with Crippen molar-refractivity contribution in [2.24, 2.45) is 11.6 Å². The first-order valence-corrected chi connectivity index (χ1v) is 10.1. The number of hydrogen-bond acceptors (Lipinski definition) is 6. The van der Waals surface area contributed by atoms with Gasteiger partial charge in [0.15, 0.2) is 0 Å². The van der Waals surface area contributed by atoms with Crippen LogP contribution in [0.25, 0.3) is 0 Å². The van der Waals surface area contributed by atoms with Crippen LogP contribution in [0.2, 0.25) is 0 Å². The molecule has 2 aliphatic rings. The number of carbonyl (C=O) groups excluding carboxylic acids is 2. The van der Waals surface area contributed by atoms with Crippen molar-refractivity contribution in [1.29, 1.82) is 0 Å². The quantitative estimate of drug-likeness (QED) is 0.103. The normalized spacial score (nSPS) is 23.3. The van der Waals surface area contributed by atoms with Crippen molar-refractivity contribution in [1.82, 2.24) is 16.1 Å². The molecule has 2 aliphatic heterocycles. The Morgan fingerprint density at radius 2 is 1.88 bits per heavy atom. The molecular weight excluding hydrogens is 358 g/mol. The van der Waals surface area contributed by atoms with Gasteiger partial charge < -0.3 is 21.5 Å². The van der Waals surface area contributed by atoms with Crippen molar-refractivity contribution in [3.8, 4) is 0 Å². The number of unbranched alkanes of at least 4 members (excludes halogenated alkanes) is 3. The van der Waals surface area contributed by atoms with Crippen molar-refractivity contribution < 1.29 is 19.5 Å². The molecule has 10 heteroatoms. The summed E-state index contributed by atoms with van der Waals surface area (Å²) >= 11 is 1.87. The lowest BCUT2D eigenvalue weighted by Crippen LogP contribution is -2.36. The van der Waals surface area contributed by atoms with E-state index < -0.39 is 5.97 Å². The van der Waals surface area contributed by atoms with Crippen molar-refractivity contribution in [2.45, 2.75) is 68.7 Å². The number of nitrogens with two attached hydrogens (primary N) is 2. The number of carbonyl (C=O) groups is 3. The molecular formula is C16H31N5O4S. The first-order chi connectivity index (χ1) is 12.5. The van der Waals surface area contributed by atoms with E-state index in [9.17, 15) is 14.4 Å². The topological polar surface area (TPSA) is 160 Å². The fourth-order valence-electron chi connectivity index (χ4n) is 2.94. The lowest BCUT2D eigenvalue weighted by Gasteiger charge is -2.16. The molecule has 150 valence electrons. The van der Waals surface area contributed by atoms with Crippen LogP contribution in [0.15, 0.2) is 0 Å². The van der Waals surface area contributed by atoms with Gasteiger partial charge in [-0.15, -0.1) is 0 Å². The molecule has 0 aromatic heterocycles. The van der Waals surface area contributed by atoms with E-state index in [4.69, 9.17) is 16.7 Å². The van der Waals surface area contributed by atoms with Crippen molar-refractivity contribution in [3.05, 3.63) is 0 Å². The van der Waals surface area contributed by atoms with Crippen LogP contribution < -0.4 is 27.6 Å². The zero-order valence-corrected chi connectivity index (χ0v) is 15.9. The van der Waals surface area contributed by atoms with E-state index >= 15 is 0 Å². The molecule has 0 spiro atoms. The van der Waals surface area contributed by atoms with E-state index in [-0.39, 0.29) is 30.4 Å². The summed E-state index contributed by atoms with van der Waals surface area (Å²) in [5.41, 5.74) is 7.32. The summed E-state index contributed by atoms with van der Waals surface area (Å²) in [7, 11) is 0. The molecule has 0 saturated carbocycles. The summed E-state index contributed by atoms with van der Waals surface area (Å²) in [6.45, 7) is 0.699. The third-order valence-electron chi connectivity index (χ3n) is 4.34. The lowest BCUT2D eigenvalue weighted by atomic mass is 10.0. The molecule has 0 unspecified atom stereocenters. The summed E-state index contributed by atoms with van der Waals surface area (Å²) < 4.78 is 0. The molecule has 0 bridgehead atoms. The van der Waals surface area contributed by atoms with Crippen LogP contribution in [-0.2, 0) is 9.59 Å². The van der Waals surface area contributed by atoms with Gasteiger partial charge in [0.05, 0.1) is 12.1 Å². The minimum atomic E-state index is -0.729. The summed E-state index contributed by atoms with van der Waals surface area (Å²) in [6.07, 6.45) is 6.25. The molecule has 2 fully saturated rings. The van der Waals surface area contributed by atoms with Gasteiger partial charge in [0.2, 0.25) is 5.91 Å². The largest absolute Gasteiger partial charge is 0.481 e. The molecule has 2 rings (SSSR count). The number of hydrogen-bond donors (Lipinski definition) is 6. The van der Waals surface area contributed by atoms with Gasteiger partial charge in [0.1, 0.15) is 0 Å². The Balaban J connectivity index is 0.000000294. The number of carboxylic acid groups (broad SMARTS) is 1.